The molecule has 0 unspecified atom stereocenters. The average Bonchev–Trinajstić information content (AvgIpc) is 2.45. The van der Waals surface area contributed by atoms with Crippen LogP contribution in [0.5, 0.6) is 11.6 Å². The van der Waals surface area contributed by atoms with Crippen molar-refractivity contribution >= 4 is 17.7 Å². The summed E-state index contributed by atoms with van der Waals surface area (Å²) in [7, 11) is 0. The standard InChI is InChI=1S/C19H21ClN2O3/c1-19(2,3)25-18(23)22-11-14(12-22)13-7-8-17(21-10-13)24-16-6-4-5-15(20)9-16/h4-10,14H,11-12H2,1-3H3. The Bertz CT molecular complexity index is 750. The highest BCUT2D eigenvalue weighted by molar-refractivity contribution is 6.30. The fraction of sp³-hybridized carbons (Fsp3) is 0.368. The van der Waals surface area contributed by atoms with Crippen molar-refractivity contribution in [1.82, 2.24) is 9.88 Å². The number of likely N-dealkylation sites (tertiary alicyclic amines) is 1. The number of halogens is 1. The summed E-state index contributed by atoms with van der Waals surface area (Å²) in [6.07, 6.45) is 1.52. The molecule has 1 aromatic carbocycles. The second kappa shape index (κ2) is 6.92. The van der Waals surface area contributed by atoms with Crippen LogP contribution in [-0.4, -0.2) is 34.7 Å². The maximum Gasteiger partial charge on any atom is 0.410 e. The molecule has 1 amide bonds. The van der Waals surface area contributed by atoms with Gasteiger partial charge in [-0.2, -0.15) is 0 Å². The highest BCUT2D eigenvalue weighted by Gasteiger charge is 2.34. The van der Waals surface area contributed by atoms with Crippen molar-refractivity contribution in [2.24, 2.45) is 0 Å². The normalized spacial score (nSPS) is 14.8. The van der Waals surface area contributed by atoms with Crippen LogP contribution >= 0.6 is 11.6 Å². The molecular formula is C19H21ClN2O3. The molecule has 0 saturated carbocycles. The number of hydrogen-bond donors (Lipinski definition) is 0. The Labute approximate surface area is 152 Å². The molecule has 0 spiro atoms. The summed E-state index contributed by atoms with van der Waals surface area (Å²) in [5.74, 6) is 1.43. The van der Waals surface area contributed by atoms with E-state index in [1.807, 2.05) is 45.0 Å². The smallest absolute Gasteiger partial charge is 0.410 e. The third-order valence-corrected chi connectivity index (χ3v) is 4.02. The van der Waals surface area contributed by atoms with Crippen LogP contribution in [0.2, 0.25) is 5.02 Å². The SMILES string of the molecule is CC(C)(C)OC(=O)N1CC(c2ccc(Oc3cccc(Cl)c3)nc2)C1. The Morgan fingerprint density at radius 3 is 2.60 bits per heavy atom. The van der Waals surface area contributed by atoms with Gasteiger partial charge in [0.2, 0.25) is 5.88 Å². The fourth-order valence-corrected chi connectivity index (χ4v) is 2.69. The van der Waals surface area contributed by atoms with Gasteiger partial charge in [-0.05, 0) is 44.5 Å². The molecule has 5 nitrogen and oxygen atoms in total. The van der Waals surface area contributed by atoms with E-state index in [2.05, 4.69) is 4.98 Å². The van der Waals surface area contributed by atoms with Crippen LogP contribution in [0, 0.1) is 0 Å². The van der Waals surface area contributed by atoms with E-state index in [-0.39, 0.29) is 12.0 Å². The lowest BCUT2D eigenvalue weighted by Crippen LogP contribution is -2.50. The van der Waals surface area contributed by atoms with E-state index in [1.165, 1.54) is 0 Å². The zero-order valence-electron chi connectivity index (χ0n) is 14.5. The number of ether oxygens (including phenoxy) is 2. The molecule has 3 rings (SSSR count). The van der Waals surface area contributed by atoms with Crippen LogP contribution in [0.25, 0.3) is 0 Å². The Morgan fingerprint density at radius 2 is 2.00 bits per heavy atom. The molecule has 2 aromatic rings. The lowest BCUT2D eigenvalue weighted by atomic mass is 9.93. The summed E-state index contributed by atoms with van der Waals surface area (Å²) in [5.41, 5.74) is 0.613. The predicted octanol–water partition coefficient (Wildman–Crippen LogP) is 4.86. The number of rotatable bonds is 3. The average molecular weight is 361 g/mol. The molecule has 0 radical (unpaired) electrons. The second-order valence-corrected chi connectivity index (χ2v) is 7.51. The minimum absolute atomic E-state index is 0.266. The summed E-state index contributed by atoms with van der Waals surface area (Å²) in [5, 5.41) is 0.617. The number of benzene rings is 1. The third-order valence-electron chi connectivity index (χ3n) is 3.78. The maximum absolute atomic E-state index is 12.0. The summed E-state index contributed by atoms with van der Waals surface area (Å²) in [6, 6.07) is 11.0. The molecule has 0 bridgehead atoms. The quantitative estimate of drug-likeness (QED) is 0.784. The van der Waals surface area contributed by atoms with E-state index in [0.29, 0.717) is 29.7 Å². The molecule has 1 aliphatic rings. The first kappa shape index (κ1) is 17.5. The molecule has 0 atom stereocenters. The lowest BCUT2D eigenvalue weighted by Gasteiger charge is -2.39. The molecule has 1 aliphatic heterocycles. The van der Waals surface area contributed by atoms with Crippen molar-refractivity contribution in [2.75, 3.05) is 13.1 Å². The van der Waals surface area contributed by atoms with Crippen LogP contribution in [-0.2, 0) is 4.74 Å². The first-order valence-corrected chi connectivity index (χ1v) is 8.55. The molecule has 1 aromatic heterocycles. The zero-order valence-corrected chi connectivity index (χ0v) is 15.3. The van der Waals surface area contributed by atoms with E-state index in [4.69, 9.17) is 21.1 Å². The van der Waals surface area contributed by atoms with Crippen molar-refractivity contribution in [1.29, 1.82) is 0 Å². The maximum atomic E-state index is 12.0. The highest BCUT2D eigenvalue weighted by Crippen LogP contribution is 2.29. The van der Waals surface area contributed by atoms with Crippen molar-refractivity contribution in [3.63, 3.8) is 0 Å². The van der Waals surface area contributed by atoms with Crippen LogP contribution in [0.3, 0.4) is 0 Å². The second-order valence-electron chi connectivity index (χ2n) is 7.07. The highest BCUT2D eigenvalue weighted by atomic mass is 35.5. The van der Waals surface area contributed by atoms with Gasteiger partial charge in [0, 0.05) is 36.3 Å². The van der Waals surface area contributed by atoms with Crippen LogP contribution < -0.4 is 4.74 Å². The van der Waals surface area contributed by atoms with Gasteiger partial charge in [0.1, 0.15) is 11.4 Å². The number of carbonyl (C=O) groups is 1. The molecule has 25 heavy (non-hydrogen) atoms. The summed E-state index contributed by atoms with van der Waals surface area (Å²) in [4.78, 5) is 18.0. The van der Waals surface area contributed by atoms with Gasteiger partial charge >= 0.3 is 6.09 Å². The van der Waals surface area contributed by atoms with Crippen molar-refractivity contribution < 1.29 is 14.3 Å². The number of pyridine rings is 1. The van der Waals surface area contributed by atoms with Gasteiger partial charge in [0.15, 0.2) is 0 Å². The van der Waals surface area contributed by atoms with Crippen LogP contribution in [0.4, 0.5) is 4.79 Å². The minimum atomic E-state index is -0.469. The molecule has 132 valence electrons. The third kappa shape index (κ3) is 4.63. The van der Waals surface area contributed by atoms with Crippen molar-refractivity contribution in [3.05, 3.63) is 53.2 Å². The zero-order chi connectivity index (χ0) is 18.0. The topological polar surface area (TPSA) is 51.7 Å². The molecule has 1 fully saturated rings. The molecule has 2 heterocycles. The van der Waals surface area contributed by atoms with Crippen LogP contribution in [0.1, 0.15) is 32.3 Å². The molecule has 0 N–H and O–H groups in total. The Kier molecular flexibility index (Phi) is 4.86. The molecular weight excluding hydrogens is 340 g/mol. The van der Waals surface area contributed by atoms with E-state index < -0.39 is 5.60 Å². The van der Waals surface area contributed by atoms with Gasteiger partial charge in [-0.1, -0.05) is 23.7 Å². The predicted molar refractivity (Wildman–Crippen MR) is 96.3 cm³/mol. The Balaban J connectivity index is 1.55. The first-order chi connectivity index (χ1) is 11.8. The van der Waals surface area contributed by atoms with E-state index in [1.54, 1.807) is 23.2 Å². The summed E-state index contributed by atoms with van der Waals surface area (Å²) < 4.78 is 11.0. The van der Waals surface area contributed by atoms with E-state index in [0.717, 1.165) is 5.56 Å². The number of aromatic nitrogens is 1. The van der Waals surface area contributed by atoms with Gasteiger partial charge in [-0.25, -0.2) is 9.78 Å². The lowest BCUT2D eigenvalue weighted by molar-refractivity contribution is 0.00816. The van der Waals surface area contributed by atoms with Gasteiger partial charge in [-0.15, -0.1) is 0 Å². The molecule has 0 aliphatic carbocycles. The molecule has 6 heteroatoms. The van der Waals surface area contributed by atoms with E-state index >= 15 is 0 Å². The fourth-order valence-electron chi connectivity index (χ4n) is 2.51. The van der Waals surface area contributed by atoms with E-state index in [9.17, 15) is 4.79 Å². The summed E-state index contributed by atoms with van der Waals surface area (Å²) >= 11 is 5.94. The van der Waals surface area contributed by atoms with Crippen LogP contribution in [0.15, 0.2) is 42.6 Å². The monoisotopic (exact) mass is 360 g/mol. The number of nitrogens with zero attached hydrogens (tertiary/aromatic N) is 2. The Morgan fingerprint density at radius 1 is 1.24 bits per heavy atom. The van der Waals surface area contributed by atoms with Gasteiger partial charge in [-0.3, -0.25) is 0 Å². The largest absolute Gasteiger partial charge is 0.444 e. The number of carbonyl (C=O) groups excluding carboxylic acids is 1. The van der Waals surface area contributed by atoms with Gasteiger partial charge in [0.25, 0.3) is 0 Å². The minimum Gasteiger partial charge on any atom is -0.444 e. The van der Waals surface area contributed by atoms with Gasteiger partial charge < -0.3 is 14.4 Å². The molecule has 1 saturated heterocycles. The van der Waals surface area contributed by atoms with Crippen molar-refractivity contribution in [3.8, 4) is 11.6 Å². The number of hydrogen-bond acceptors (Lipinski definition) is 4. The van der Waals surface area contributed by atoms with Gasteiger partial charge in [0.05, 0.1) is 0 Å². The number of amides is 1. The first-order valence-electron chi connectivity index (χ1n) is 8.17. The van der Waals surface area contributed by atoms with Crippen molar-refractivity contribution in [2.45, 2.75) is 32.3 Å². The Hall–Kier alpha value is -2.27. The summed E-state index contributed by atoms with van der Waals surface area (Å²) in [6.45, 7) is 6.89.